The van der Waals surface area contributed by atoms with Crippen LogP contribution in [0.25, 0.3) is 21.5 Å². The lowest BCUT2D eigenvalue weighted by Gasteiger charge is -2.18. The molecule has 0 saturated carbocycles. The third kappa shape index (κ3) is 2.00. The fraction of sp³-hybridized carbons (Fsp3) is 0.500. The first-order valence-electron chi connectivity index (χ1n) is 6.37. The maximum atomic E-state index is 9.21. The number of aromatic nitrogens is 3. The van der Waals surface area contributed by atoms with Crippen LogP contribution >= 0.6 is 0 Å². The van der Waals surface area contributed by atoms with Crippen LogP contribution in [0.5, 0.6) is 0 Å². The Morgan fingerprint density at radius 1 is 1.60 bits per heavy atom. The normalized spacial score (nSPS) is 25.8. The van der Waals surface area contributed by atoms with Crippen LogP contribution in [-0.4, -0.2) is 32.4 Å². The van der Waals surface area contributed by atoms with Gasteiger partial charge < -0.3 is 14.4 Å². The molecule has 1 fully saturated rings. The second kappa shape index (κ2) is 5.09. The summed E-state index contributed by atoms with van der Waals surface area (Å²) >= 11 is 0. The van der Waals surface area contributed by atoms with E-state index < -0.39 is 0 Å². The third-order valence-corrected chi connectivity index (χ3v) is 3.56. The molecule has 0 aliphatic carbocycles. The molecular weight excluding hydrogens is 260 g/mol. The van der Waals surface area contributed by atoms with E-state index >= 15 is 0 Å². The van der Waals surface area contributed by atoms with Crippen LogP contribution in [0.2, 0.25) is 0 Å². The van der Waals surface area contributed by atoms with Gasteiger partial charge >= 0.3 is 0 Å². The highest BCUT2D eigenvalue weighted by Crippen LogP contribution is 2.36. The van der Waals surface area contributed by atoms with E-state index in [-0.39, 0.29) is 24.9 Å². The SMILES string of the molecule is C[C@H]1C[C@@H](CO)O[C@H]1n1ccc2c(N=[N+]=[N-])ncnc21. The molecule has 2 aromatic heterocycles. The molecule has 1 aliphatic heterocycles. The second-order valence-corrected chi connectivity index (χ2v) is 4.89. The van der Waals surface area contributed by atoms with E-state index in [1.54, 1.807) is 0 Å². The highest BCUT2D eigenvalue weighted by molar-refractivity contribution is 5.85. The van der Waals surface area contributed by atoms with Crippen molar-refractivity contribution < 1.29 is 9.84 Å². The van der Waals surface area contributed by atoms with E-state index in [1.165, 1.54) is 6.33 Å². The van der Waals surface area contributed by atoms with E-state index in [2.05, 4.69) is 26.9 Å². The zero-order valence-corrected chi connectivity index (χ0v) is 10.9. The molecule has 8 heteroatoms. The quantitative estimate of drug-likeness (QED) is 0.526. The summed E-state index contributed by atoms with van der Waals surface area (Å²) in [6.07, 6.45) is 3.68. The van der Waals surface area contributed by atoms with E-state index in [0.717, 1.165) is 6.42 Å². The van der Waals surface area contributed by atoms with E-state index in [0.29, 0.717) is 16.9 Å². The summed E-state index contributed by atoms with van der Waals surface area (Å²) in [6.45, 7) is 2.08. The minimum absolute atomic E-state index is 0.0129. The van der Waals surface area contributed by atoms with Gasteiger partial charge in [-0.2, -0.15) is 0 Å². The molecule has 1 saturated heterocycles. The summed E-state index contributed by atoms with van der Waals surface area (Å²) < 4.78 is 7.72. The molecule has 0 aromatic carbocycles. The molecule has 0 unspecified atom stereocenters. The number of hydrogen-bond acceptors (Lipinski definition) is 5. The summed E-state index contributed by atoms with van der Waals surface area (Å²) in [5.41, 5.74) is 9.21. The van der Waals surface area contributed by atoms with Gasteiger partial charge in [-0.05, 0) is 23.1 Å². The van der Waals surface area contributed by atoms with Crippen LogP contribution in [0.15, 0.2) is 23.7 Å². The third-order valence-electron chi connectivity index (χ3n) is 3.56. The van der Waals surface area contributed by atoms with E-state index in [4.69, 9.17) is 10.3 Å². The summed E-state index contributed by atoms with van der Waals surface area (Å²) in [5.74, 6) is 0.571. The van der Waals surface area contributed by atoms with Crippen molar-refractivity contribution in [1.82, 2.24) is 14.5 Å². The van der Waals surface area contributed by atoms with Gasteiger partial charge in [0, 0.05) is 22.4 Å². The number of ether oxygens (including phenoxy) is 1. The van der Waals surface area contributed by atoms with Gasteiger partial charge in [-0.25, -0.2) is 9.97 Å². The predicted octanol–water partition coefficient (Wildman–Crippen LogP) is 2.29. The fourth-order valence-electron chi connectivity index (χ4n) is 2.66. The van der Waals surface area contributed by atoms with Crippen molar-refractivity contribution in [2.45, 2.75) is 25.7 Å². The molecule has 0 amide bonds. The van der Waals surface area contributed by atoms with Crippen LogP contribution < -0.4 is 0 Å². The van der Waals surface area contributed by atoms with E-state index in [9.17, 15) is 5.11 Å². The van der Waals surface area contributed by atoms with Crippen LogP contribution in [0.3, 0.4) is 0 Å². The Kier molecular flexibility index (Phi) is 3.27. The van der Waals surface area contributed by atoms with Gasteiger partial charge in [0.15, 0.2) is 0 Å². The Balaban J connectivity index is 2.05. The van der Waals surface area contributed by atoms with Crippen molar-refractivity contribution in [2.24, 2.45) is 11.0 Å². The molecule has 1 aliphatic rings. The molecule has 3 heterocycles. The van der Waals surface area contributed by atoms with Gasteiger partial charge in [-0.3, -0.25) is 0 Å². The maximum Gasteiger partial charge on any atom is 0.145 e. The zero-order valence-electron chi connectivity index (χ0n) is 10.9. The summed E-state index contributed by atoms with van der Waals surface area (Å²) in [6, 6.07) is 1.81. The monoisotopic (exact) mass is 274 g/mol. The van der Waals surface area contributed by atoms with Crippen LogP contribution in [-0.2, 0) is 4.74 Å². The fourth-order valence-corrected chi connectivity index (χ4v) is 2.66. The number of rotatable bonds is 3. The molecule has 1 N–H and O–H groups in total. The van der Waals surface area contributed by atoms with Gasteiger partial charge in [-0.15, -0.1) is 0 Å². The molecule has 104 valence electrons. The minimum atomic E-state index is -0.182. The Morgan fingerprint density at radius 3 is 3.15 bits per heavy atom. The lowest BCUT2D eigenvalue weighted by atomic mass is 10.1. The van der Waals surface area contributed by atoms with Gasteiger partial charge in [0.2, 0.25) is 0 Å². The number of azide groups is 1. The molecule has 0 radical (unpaired) electrons. The standard InChI is InChI=1S/C12H14N6O2/c1-7-4-8(5-19)20-12(7)18-3-2-9-10(16-17-13)14-6-15-11(9)18/h2-3,6-8,12,19H,4-5H2,1H3/t7-,8-,12+/m0/s1. The molecule has 2 aromatic rings. The average Bonchev–Trinajstić information content (AvgIpc) is 3.03. The maximum absolute atomic E-state index is 9.21. The zero-order chi connectivity index (χ0) is 14.1. The first kappa shape index (κ1) is 12.9. The van der Waals surface area contributed by atoms with Crippen LogP contribution in [0, 0.1) is 5.92 Å². The topological polar surface area (TPSA) is 109 Å². The number of nitrogens with zero attached hydrogens (tertiary/aromatic N) is 6. The lowest BCUT2D eigenvalue weighted by molar-refractivity contribution is -0.0291. The molecular formula is C12H14N6O2. The molecule has 0 spiro atoms. The minimum Gasteiger partial charge on any atom is -0.394 e. The molecule has 3 rings (SSSR count). The van der Waals surface area contributed by atoms with Gasteiger partial charge in [0.05, 0.1) is 12.7 Å². The predicted molar refractivity (Wildman–Crippen MR) is 71.1 cm³/mol. The average molecular weight is 274 g/mol. The van der Waals surface area contributed by atoms with Crippen LogP contribution in [0.4, 0.5) is 5.82 Å². The van der Waals surface area contributed by atoms with Crippen molar-refractivity contribution in [3.63, 3.8) is 0 Å². The van der Waals surface area contributed by atoms with Crippen molar-refractivity contribution in [3.8, 4) is 0 Å². The summed E-state index contributed by atoms with van der Waals surface area (Å²) in [4.78, 5) is 11.0. The largest absolute Gasteiger partial charge is 0.394 e. The first-order chi connectivity index (χ1) is 9.74. The Hall–Kier alpha value is -2.15. The number of aliphatic hydroxyl groups excluding tert-OH is 1. The Morgan fingerprint density at radius 2 is 2.45 bits per heavy atom. The number of fused-ring (bicyclic) bond motifs is 1. The van der Waals surface area contributed by atoms with Gasteiger partial charge in [0.1, 0.15) is 24.0 Å². The Labute approximate surface area is 114 Å². The number of hydrogen-bond donors (Lipinski definition) is 1. The first-order valence-corrected chi connectivity index (χ1v) is 6.37. The van der Waals surface area contributed by atoms with Crippen molar-refractivity contribution in [3.05, 3.63) is 29.0 Å². The Bertz CT molecular complexity index is 678. The lowest BCUT2D eigenvalue weighted by Crippen LogP contribution is -2.15. The van der Waals surface area contributed by atoms with Crippen molar-refractivity contribution >= 4 is 16.9 Å². The highest BCUT2D eigenvalue weighted by atomic mass is 16.5. The second-order valence-electron chi connectivity index (χ2n) is 4.89. The van der Waals surface area contributed by atoms with Gasteiger partial charge in [0.25, 0.3) is 0 Å². The van der Waals surface area contributed by atoms with Gasteiger partial charge in [-0.1, -0.05) is 6.92 Å². The number of aliphatic hydroxyl groups is 1. The van der Waals surface area contributed by atoms with E-state index in [1.807, 2.05) is 16.8 Å². The van der Waals surface area contributed by atoms with Crippen molar-refractivity contribution in [2.75, 3.05) is 6.61 Å². The van der Waals surface area contributed by atoms with Crippen molar-refractivity contribution in [1.29, 1.82) is 0 Å². The van der Waals surface area contributed by atoms with Crippen LogP contribution in [0.1, 0.15) is 19.6 Å². The molecule has 3 atom stereocenters. The smallest absolute Gasteiger partial charge is 0.145 e. The highest BCUT2D eigenvalue weighted by Gasteiger charge is 2.33. The summed E-state index contributed by atoms with van der Waals surface area (Å²) in [7, 11) is 0. The molecule has 0 bridgehead atoms. The summed E-state index contributed by atoms with van der Waals surface area (Å²) in [5, 5.41) is 13.5. The molecule has 8 nitrogen and oxygen atoms in total. The molecule has 20 heavy (non-hydrogen) atoms.